The first kappa shape index (κ1) is 19.3. The first-order valence-electron chi connectivity index (χ1n) is 7.97. The van der Waals surface area contributed by atoms with Crippen LogP contribution in [0.2, 0.25) is 0 Å². The van der Waals surface area contributed by atoms with Gasteiger partial charge >= 0.3 is 17.6 Å². The Morgan fingerprint density at radius 1 is 1.08 bits per heavy atom. The van der Waals surface area contributed by atoms with Crippen LogP contribution in [0.1, 0.15) is 26.5 Å². The van der Waals surface area contributed by atoms with Crippen LogP contribution in [-0.4, -0.2) is 44.3 Å². The molecule has 0 atom stereocenters. The molecule has 0 unspecified atom stereocenters. The van der Waals surface area contributed by atoms with Crippen molar-refractivity contribution in [3.8, 4) is 0 Å². The predicted molar refractivity (Wildman–Crippen MR) is 90.6 cm³/mol. The van der Waals surface area contributed by atoms with E-state index in [2.05, 4.69) is 9.97 Å². The molecule has 2 heterocycles. The Hall–Kier alpha value is -3.04. The molecule has 2 aromatic heterocycles. The van der Waals surface area contributed by atoms with Gasteiger partial charge in [-0.3, -0.25) is 23.5 Å². The molecule has 0 amide bonds. The summed E-state index contributed by atoms with van der Waals surface area (Å²) in [5, 5.41) is 0. The first-order chi connectivity index (χ1) is 12.2. The van der Waals surface area contributed by atoms with Crippen molar-refractivity contribution in [2.75, 3.05) is 13.2 Å². The maximum absolute atomic E-state index is 12.5. The van der Waals surface area contributed by atoms with E-state index in [1.54, 1.807) is 13.8 Å². The van der Waals surface area contributed by atoms with E-state index in [4.69, 9.17) is 9.47 Å². The number of hydrogen-bond donors (Lipinski definition) is 0. The number of rotatable bonds is 5. The van der Waals surface area contributed by atoms with Crippen LogP contribution in [0.15, 0.2) is 15.8 Å². The van der Waals surface area contributed by atoms with Crippen LogP contribution < -0.4 is 11.2 Å². The van der Waals surface area contributed by atoms with Crippen molar-refractivity contribution in [1.82, 2.24) is 19.1 Å². The molecule has 2 aromatic rings. The summed E-state index contributed by atoms with van der Waals surface area (Å²) in [5.74, 6) is -1.73. The number of nitrogens with zero attached hydrogens (tertiary/aromatic N) is 4. The van der Waals surface area contributed by atoms with Gasteiger partial charge in [0, 0.05) is 14.1 Å². The summed E-state index contributed by atoms with van der Waals surface area (Å²) < 4.78 is 12.0. The van der Waals surface area contributed by atoms with Gasteiger partial charge in [-0.2, -0.15) is 0 Å². The van der Waals surface area contributed by atoms with Gasteiger partial charge < -0.3 is 9.47 Å². The lowest BCUT2D eigenvalue weighted by atomic mass is 9.87. The molecule has 26 heavy (non-hydrogen) atoms. The lowest BCUT2D eigenvalue weighted by molar-refractivity contribution is -0.164. The van der Waals surface area contributed by atoms with Crippen LogP contribution in [0.5, 0.6) is 0 Å². The van der Waals surface area contributed by atoms with Crippen LogP contribution in [0.3, 0.4) is 0 Å². The number of carbonyl (C=O) groups excluding carboxylic acids is 2. The smallest absolute Gasteiger partial charge is 0.332 e. The van der Waals surface area contributed by atoms with E-state index in [1.165, 1.54) is 21.0 Å². The molecule has 0 saturated heterocycles. The third-order valence-electron chi connectivity index (χ3n) is 4.03. The van der Waals surface area contributed by atoms with E-state index < -0.39 is 28.6 Å². The van der Waals surface area contributed by atoms with Gasteiger partial charge in [0.1, 0.15) is 0 Å². The number of ether oxygens (including phenoxy) is 2. The van der Waals surface area contributed by atoms with Crippen LogP contribution in [-0.2, 0) is 38.6 Å². The number of esters is 2. The number of carbonyl (C=O) groups is 2. The largest absolute Gasteiger partial charge is 0.465 e. The Bertz CT molecular complexity index is 973. The Kier molecular flexibility index (Phi) is 5.24. The summed E-state index contributed by atoms with van der Waals surface area (Å²) in [6.07, 6.45) is 1.16. The molecule has 0 N–H and O–H groups in total. The highest BCUT2D eigenvalue weighted by molar-refractivity contribution is 6.05. The van der Waals surface area contributed by atoms with Gasteiger partial charge in [-0.05, 0) is 20.8 Å². The second-order valence-corrected chi connectivity index (χ2v) is 5.70. The van der Waals surface area contributed by atoms with Crippen molar-refractivity contribution in [3.63, 3.8) is 0 Å². The van der Waals surface area contributed by atoms with E-state index in [-0.39, 0.29) is 30.1 Å². The molecule has 0 spiro atoms. The van der Waals surface area contributed by atoms with Crippen LogP contribution in [0.25, 0.3) is 11.2 Å². The summed E-state index contributed by atoms with van der Waals surface area (Å²) in [4.78, 5) is 57.5. The van der Waals surface area contributed by atoms with Gasteiger partial charge in [0.2, 0.25) is 5.41 Å². The Balaban J connectivity index is 2.80. The van der Waals surface area contributed by atoms with Crippen molar-refractivity contribution in [3.05, 3.63) is 32.7 Å². The molecule has 140 valence electrons. The van der Waals surface area contributed by atoms with Crippen LogP contribution in [0, 0.1) is 0 Å². The van der Waals surface area contributed by atoms with Crippen molar-refractivity contribution in [2.24, 2.45) is 14.1 Å². The summed E-state index contributed by atoms with van der Waals surface area (Å²) in [7, 11) is 2.74. The molecular formula is C16H20N4O6. The number of hydrogen-bond acceptors (Lipinski definition) is 8. The van der Waals surface area contributed by atoms with E-state index in [9.17, 15) is 19.2 Å². The Morgan fingerprint density at radius 2 is 1.62 bits per heavy atom. The second-order valence-electron chi connectivity index (χ2n) is 5.70. The third kappa shape index (κ3) is 2.87. The molecule has 0 fully saturated rings. The van der Waals surface area contributed by atoms with Gasteiger partial charge in [-0.15, -0.1) is 0 Å². The molecular weight excluding hydrogens is 344 g/mol. The molecule has 10 nitrogen and oxygen atoms in total. The van der Waals surface area contributed by atoms with Crippen molar-refractivity contribution in [2.45, 2.75) is 26.2 Å². The van der Waals surface area contributed by atoms with E-state index in [1.807, 2.05) is 0 Å². The van der Waals surface area contributed by atoms with Crippen LogP contribution >= 0.6 is 0 Å². The highest BCUT2D eigenvalue weighted by Gasteiger charge is 2.48. The Labute approximate surface area is 148 Å². The summed E-state index contributed by atoms with van der Waals surface area (Å²) >= 11 is 0. The minimum atomic E-state index is -1.90. The maximum Gasteiger partial charge on any atom is 0.332 e. The molecule has 0 aliphatic heterocycles. The van der Waals surface area contributed by atoms with E-state index >= 15 is 0 Å². The quantitative estimate of drug-likeness (QED) is 0.510. The fraction of sp³-hybridized carbons (Fsp3) is 0.500. The molecule has 0 aliphatic carbocycles. The molecule has 2 rings (SSSR count). The van der Waals surface area contributed by atoms with Crippen molar-refractivity contribution >= 4 is 23.1 Å². The second kappa shape index (κ2) is 7.06. The average molecular weight is 364 g/mol. The highest BCUT2D eigenvalue weighted by atomic mass is 16.6. The fourth-order valence-electron chi connectivity index (χ4n) is 2.42. The normalized spacial score (nSPS) is 11.4. The summed E-state index contributed by atoms with van der Waals surface area (Å²) in [6.45, 7) is 4.59. The standard InChI is InChI=1S/C16H20N4O6/c1-6-25-13(22)16(3,14(23)26-7-2)9-8-17-11-10(18-9)12(21)20(5)15(24)19(11)4/h8H,6-7H2,1-5H3. The Morgan fingerprint density at radius 3 is 2.12 bits per heavy atom. The zero-order chi connectivity index (χ0) is 19.6. The van der Waals surface area contributed by atoms with E-state index in [0.29, 0.717) is 0 Å². The lowest BCUT2D eigenvalue weighted by Crippen LogP contribution is -2.45. The summed E-state index contributed by atoms with van der Waals surface area (Å²) in [6, 6.07) is 0. The molecule has 10 heteroatoms. The zero-order valence-corrected chi connectivity index (χ0v) is 15.2. The minimum absolute atomic E-state index is 0.0388. The molecule has 0 aliphatic rings. The van der Waals surface area contributed by atoms with Crippen LogP contribution in [0.4, 0.5) is 0 Å². The monoisotopic (exact) mass is 364 g/mol. The lowest BCUT2D eigenvalue weighted by Gasteiger charge is -2.24. The maximum atomic E-state index is 12.5. The minimum Gasteiger partial charge on any atom is -0.465 e. The van der Waals surface area contributed by atoms with E-state index in [0.717, 1.165) is 15.3 Å². The molecule has 0 saturated carbocycles. The number of fused-ring (bicyclic) bond motifs is 1. The number of aryl methyl sites for hydroxylation is 1. The zero-order valence-electron chi connectivity index (χ0n) is 15.2. The summed E-state index contributed by atoms with van der Waals surface area (Å²) in [5.41, 5.74) is -3.36. The number of aromatic nitrogens is 4. The molecule has 0 radical (unpaired) electrons. The average Bonchev–Trinajstić information content (AvgIpc) is 2.63. The van der Waals surface area contributed by atoms with Crippen molar-refractivity contribution in [1.29, 1.82) is 0 Å². The van der Waals surface area contributed by atoms with Gasteiger partial charge in [0.05, 0.1) is 25.1 Å². The van der Waals surface area contributed by atoms with Gasteiger partial charge in [-0.1, -0.05) is 0 Å². The van der Waals surface area contributed by atoms with Gasteiger partial charge in [-0.25, -0.2) is 14.8 Å². The first-order valence-corrected chi connectivity index (χ1v) is 7.97. The molecule has 0 bridgehead atoms. The van der Waals surface area contributed by atoms with Crippen molar-refractivity contribution < 1.29 is 19.1 Å². The fourth-order valence-corrected chi connectivity index (χ4v) is 2.42. The highest BCUT2D eigenvalue weighted by Crippen LogP contribution is 2.26. The topological polar surface area (TPSA) is 122 Å². The third-order valence-corrected chi connectivity index (χ3v) is 4.03. The van der Waals surface area contributed by atoms with Gasteiger partial charge in [0.25, 0.3) is 5.56 Å². The SMILES string of the molecule is CCOC(=O)C(C)(C(=O)OCC)c1cnc2c(n1)c(=O)n(C)c(=O)n2C. The molecule has 0 aromatic carbocycles. The van der Waals surface area contributed by atoms with Gasteiger partial charge in [0.15, 0.2) is 11.2 Å². The predicted octanol–water partition coefficient (Wildman–Crippen LogP) is -0.589.